The second-order valence-electron chi connectivity index (χ2n) is 5.45. The molecule has 100 valence electrons. The van der Waals surface area contributed by atoms with Crippen LogP contribution in [0.2, 0.25) is 0 Å². The molecule has 0 bridgehead atoms. The first kappa shape index (κ1) is 13.5. The molecule has 0 radical (unpaired) electrons. The third-order valence-electron chi connectivity index (χ3n) is 4.40. The third kappa shape index (κ3) is 2.17. The molecule has 18 heavy (non-hydrogen) atoms. The Morgan fingerprint density at radius 2 is 1.83 bits per heavy atom. The van der Waals surface area contributed by atoms with Gasteiger partial charge in [-0.15, -0.1) is 0 Å². The van der Waals surface area contributed by atoms with Crippen LogP contribution >= 0.6 is 0 Å². The van der Waals surface area contributed by atoms with Crippen molar-refractivity contribution in [3.63, 3.8) is 0 Å². The van der Waals surface area contributed by atoms with Crippen LogP contribution in [0.25, 0.3) is 0 Å². The smallest absolute Gasteiger partial charge is 0.128 e. The third-order valence-corrected chi connectivity index (χ3v) is 4.40. The average molecular weight is 250 g/mol. The summed E-state index contributed by atoms with van der Waals surface area (Å²) < 4.78 is 14.1. The molecule has 0 saturated heterocycles. The van der Waals surface area contributed by atoms with Crippen molar-refractivity contribution in [2.24, 2.45) is 0 Å². The molecule has 1 saturated carbocycles. The van der Waals surface area contributed by atoms with Gasteiger partial charge in [0, 0.05) is 11.1 Å². The Morgan fingerprint density at radius 3 is 2.33 bits per heavy atom. The minimum Gasteiger partial charge on any atom is -0.311 e. The second-order valence-corrected chi connectivity index (χ2v) is 5.45. The van der Waals surface area contributed by atoms with Gasteiger partial charge in [-0.3, -0.25) is 0 Å². The predicted octanol–water partition coefficient (Wildman–Crippen LogP) is 2.96. The van der Waals surface area contributed by atoms with Crippen molar-refractivity contribution in [3.8, 4) is 0 Å². The largest absolute Gasteiger partial charge is 0.311 e. The molecule has 1 aromatic carbocycles. The molecule has 0 spiro atoms. The molecule has 1 aliphatic rings. The van der Waals surface area contributed by atoms with Gasteiger partial charge < -0.3 is 10.2 Å². The van der Waals surface area contributed by atoms with Crippen LogP contribution in [0.3, 0.4) is 0 Å². The summed E-state index contributed by atoms with van der Waals surface area (Å²) in [6.07, 6.45) is 4.70. The van der Waals surface area contributed by atoms with E-state index >= 15 is 0 Å². The highest BCUT2D eigenvalue weighted by molar-refractivity contribution is 5.26. The fraction of sp³-hybridized carbons (Fsp3) is 0.600. The van der Waals surface area contributed by atoms with Crippen LogP contribution in [0.5, 0.6) is 0 Å². The number of hydrogen-bond donors (Lipinski definition) is 1. The summed E-state index contributed by atoms with van der Waals surface area (Å²) in [5, 5.41) is 3.34. The van der Waals surface area contributed by atoms with Crippen LogP contribution < -0.4 is 5.32 Å². The maximum Gasteiger partial charge on any atom is 0.128 e. The van der Waals surface area contributed by atoms with Crippen molar-refractivity contribution >= 4 is 0 Å². The molecule has 2 rings (SSSR count). The lowest BCUT2D eigenvalue weighted by Gasteiger charge is -2.43. The van der Waals surface area contributed by atoms with E-state index in [1.807, 2.05) is 19.2 Å². The summed E-state index contributed by atoms with van der Waals surface area (Å²) in [5.74, 6) is -0.107. The van der Waals surface area contributed by atoms with Crippen molar-refractivity contribution in [1.82, 2.24) is 10.2 Å². The first-order valence-electron chi connectivity index (χ1n) is 6.71. The molecule has 2 nitrogen and oxygen atoms in total. The fourth-order valence-electron chi connectivity index (χ4n) is 3.40. The number of likely N-dealkylation sites (N-methyl/N-ethyl adjacent to an activating group) is 2. The molecule has 1 aliphatic carbocycles. The van der Waals surface area contributed by atoms with E-state index in [9.17, 15) is 4.39 Å². The van der Waals surface area contributed by atoms with Gasteiger partial charge >= 0.3 is 0 Å². The number of benzene rings is 1. The normalized spacial score (nSPS) is 20.3. The monoisotopic (exact) mass is 250 g/mol. The summed E-state index contributed by atoms with van der Waals surface area (Å²) in [6, 6.07) is 7.18. The number of halogens is 1. The zero-order valence-corrected chi connectivity index (χ0v) is 11.5. The molecule has 1 aromatic rings. The molecule has 1 N–H and O–H groups in total. The molecular weight excluding hydrogens is 227 g/mol. The molecule has 1 atom stereocenters. The highest BCUT2D eigenvalue weighted by Crippen LogP contribution is 2.43. The van der Waals surface area contributed by atoms with E-state index < -0.39 is 0 Å². The standard InChI is InChI=1S/C15H23FN2/c1-17-14(12-8-4-5-9-13(12)16)15(18(2)3)10-6-7-11-15/h4-5,8-9,14,17H,6-7,10-11H2,1-3H3. The van der Waals surface area contributed by atoms with Crippen LogP contribution in [0.15, 0.2) is 24.3 Å². The van der Waals surface area contributed by atoms with Gasteiger partial charge in [0.25, 0.3) is 0 Å². The Labute approximate surface area is 109 Å². The number of nitrogens with one attached hydrogen (secondary N) is 1. The van der Waals surface area contributed by atoms with Crippen molar-refractivity contribution < 1.29 is 4.39 Å². The minimum absolute atomic E-state index is 0.0386. The van der Waals surface area contributed by atoms with Gasteiger partial charge in [0.1, 0.15) is 5.82 Å². The van der Waals surface area contributed by atoms with Gasteiger partial charge in [0.05, 0.1) is 6.04 Å². The van der Waals surface area contributed by atoms with E-state index in [-0.39, 0.29) is 17.4 Å². The van der Waals surface area contributed by atoms with Crippen LogP contribution in [0.1, 0.15) is 37.3 Å². The molecule has 3 heteroatoms. The SMILES string of the molecule is CNC(c1ccccc1F)C1(N(C)C)CCCC1. The molecule has 1 unspecified atom stereocenters. The van der Waals surface area contributed by atoms with Gasteiger partial charge in [-0.2, -0.15) is 0 Å². The summed E-state index contributed by atoms with van der Waals surface area (Å²) >= 11 is 0. The highest BCUT2D eigenvalue weighted by atomic mass is 19.1. The first-order valence-corrected chi connectivity index (χ1v) is 6.71. The van der Waals surface area contributed by atoms with E-state index in [1.165, 1.54) is 12.8 Å². The lowest BCUT2D eigenvalue weighted by atomic mass is 9.82. The molecule has 0 amide bonds. The van der Waals surface area contributed by atoms with E-state index in [0.717, 1.165) is 18.4 Å². The Kier molecular flexibility index (Phi) is 4.03. The van der Waals surface area contributed by atoms with Gasteiger partial charge in [-0.25, -0.2) is 4.39 Å². The van der Waals surface area contributed by atoms with Crippen LogP contribution in [0, 0.1) is 5.82 Å². The fourth-order valence-corrected chi connectivity index (χ4v) is 3.40. The summed E-state index contributed by atoms with van der Waals surface area (Å²) in [6.45, 7) is 0. The number of hydrogen-bond acceptors (Lipinski definition) is 2. The van der Waals surface area contributed by atoms with Gasteiger partial charge in [-0.1, -0.05) is 31.0 Å². The van der Waals surface area contributed by atoms with Crippen molar-refractivity contribution in [1.29, 1.82) is 0 Å². The van der Waals surface area contributed by atoms with Gasteiger partial charge in [0.15, 0.2) is 0 Å². The molecule has 1 fully saturated rings. The molecular formula is C15H23FN2. The van der Waals surface area contributed by atoms with Crippen LogP contribution in [-0.4, -0.2) is 31.6 Å². The van der Waals surface area contributed by atoms with E-state index in [4.69, 9.17) is 0 Å². The van der Waals surface area contributed by atoms with E-state index in [1.54, 1.807) is 12.1 Å². The summed E-state index contributed by atoms with van der Waals surface area (Å²) in [4.78, 5) is 2.27. The zero-order valence-electron chi connectivity index (χ0n) is 11.5. The Hall–Kier alpha value is -0.930. The summed E-state index contributed by atoms with van der Waals surface area (Å²) in [5.41, 5.74) is 0.826. The van der Waals surface area contributed by atoms with Gasteiger partial charge in [0.2, 0.25) is 0 Å². The molecule has 0 aromatic heterocycles. The summed E-state index contributed by atoms with van der Waals surface area (Å²) in [7, 11) is 6.15. The van der Waals surface area contributed by atoms with E-state index in [0.29, 0.717) is 0 Å². The van der Waals surface area contributed by atoms with Crippen molar-refractivity contribution in [2.75, 3.05) is 21.1 Å². The lowest BCUT2D eigenvalue weighted by Crippen LogP contribution is -2.51. The molecule has 0 aliphatic heterocycles. The highest BCUT2D eigenvalue weighted by Gasteiger charge is 2.43. The van der Waals surface area contributed by atoms with Crippen molar-refractivity contribution in [2.45, 2.75) is 37.3 Å². The number of rotatable bonds is 4. The van der Waals surface area contributed by atoms with Gasteiger partial charge in [-0.05, 0) is 40.1 Å². The predicted molar refractivity (Wildman–Crippen MR) is 73.1 cm³/mol. The van der Waals surface area contributed by atoms with Crippen molar-refractivity contribution in [3.05, 3.63) is 35.6 Å². The Bertz CT molecular complexity index is 397. The topological polar surface area (TPSA) is 15.3 Å². The van der Waals surface area contributed by atoms with Crippen LogP contribution in [0.4, 0.5) is 4.39 Å². The second kappa shape index (κ2) is 5.37. The zero-order chi connectivity index (χ0) is 13.2. The Balaban J connectivity index is 2.41. The van der Waals surface area contributed by atoms with Crippen LogP contribution in [-0.2, 0) is 0 Å². The quantitative estimate of drug-likeness (QED) is 0.884. The Morgan fingerprint density at radius 1 is 1.22 bits per heavy atom. The maximum atomic E-state index is 14.1. The first-order chi connectivity index (χ1) is 8.62. The average Bonchev–Trinajstić information content (AvgIpc) is 2.83. The number of nitrogens with zero attached hydrogens (tertiary/aromatic N) is 1. The maximum absolute atomic E-state index is 14.1. The minimum atomic E-state index is -0.107. The van der Waals surface area contributed by atoms with E-state index in [2.05, 4.69) is 24.3 Å². The lowest BCUT2D eigenvalue weighted by molar-refractivity contribution is 0.107. The molecule has 0 heterocycles.